The molecule has 0 aliphatic carbocycles. The van der Waals surface area contributed by atoms with Crippen molar-refractivity contribution < 1.29 is 18.3 Å². The first-order valence-corrected chi connectivity index (χ1v) is 10.9. The molecule has 1 amide bonds. The first kappa shape index (κ1) is 22.7. The Morgan fingerprint density at radius 1 is 1.03 bits per heavy atom. The van der Waals surface area contributed by atoms with E-state index in [2.05, 4.69) is 26.3 Å². The third-order valence-corrected chi connectivity index (χ3v) is 5.49. The highest BCUT2D eigenvalue weighted by Crippen LogP contribution is 2.26. The predicted octanol–water partition coefficient (Wildman–Crippen LogP) is 6.11. The first-order valence-electron chi connectivity index (χ1n) is 10.2. The Balaban J connectivity index is 1.53. The third kappa shape index (κ3) is 5.46. The number of anilines is 1. The van der Waals surface area contributed by atoms with Gasteiger partial charge in [-0.05, 0) is 48.9 Å². The molecule has 1 N–H and O–H groups in total. The number of hydrogen-bond donors (Lipinski definition) is 1. The number of aryl methyl sites for hydroxylation is 1. The molecule has 3 aromatic carbocycles. The van der Waals surface area contributed by atoms with Gasteiger partial charge in [-0.1, -0.05) is 52.3 Å². The molecule has 1 heterocycles. The molecule has 0 saturated heterocycles. The lowest BCUT2D eigenvalue weighted by molar-refractivity contribution is 0.102. The highest BCUT2D eigenvalue weighted by atomic mass is 79.9. The summed E-state index contributed by atoms with van der Waals surface area (Å²) >= 11 is 3.48. The molecule has 0 saturated carbocycles. The van der Waals surface area contributed by atoms with Gasteiger partial charge in [0.25, 0.3) is 5.91 Å². The van der Waals surface area contributed by atoms with Gasteiger partial charge >= 0.3 is 0 Å². The van der Waals surface area contributed by atoms with Gasteiger partial charge in [0.05, 0.1) is 6.54 Å². The standard InChI is InChI=1S/C25H20BrF2N3O2/c1-16-12-22(25(32)29-24-20(27)8-5-9-21(24)28)30-31(16)14-18-13-19(26)10-11-23(18)33-15-17-6-3-2-4-7-17/h2-13H,14-15H2,1H3,(H,29,32). The van der Waals surface area contributed by atoms with Crippen LogP contribution < -0.4 is 10.1 Å². The predicted molar refractivity (Wildman–Crippen MR) is 125 cm³/mol. The molecule has 0 aliphatic rings. The van der Waals surface area contributed by atoms with E-state index in [1.54, 1.807) is 17.7 Å². The van der Waals surface area contributed by atoms with Crippen molar-refractivity contribution in [3.63, 3.8) is 0 Å². The molecule has 1 aromatic heterocycles. The molecule has 168 valence electrons. The van der Waals surface area contributed by atoms with Crippen LogP contribution in [0.25, 0.3) is 0 Å². The molecule has 0 aliphatic heterocycles. The number of carbonyl (C=O) groups excluding carboxylic acids is 1. The van der Waals surface area contributed by atoms with Crippen molar-refractivity contribution in [3.8, 4) is 5.75 Å². The Morgan fingerprint density at radius 3 is 2.48 bits per heavy atom. The van der Waals surface area contributed by atoms with E-state index in [1.165, 1.54) is 6.07 Å². The van der Waals surface area contributed by atoms with Crippen molar-refractivity contribution in [1.29, 1.82) is 0 Å². The summed E-state index contributed by atoms with van der Waals surface area (Å²) in [4.78, 5) is 12.6. The van der Waals surface area contributed by atoms with E-state index in [0.717, 1.165) is 27.7 Å². The number of halogens is 3. The zero-order chi connectivity index (χ0) is 23.4. The molecule has 8 heteroatoms. The summed E-state index contributed by atoms with van der Waals surface area (Å²) in [6.07, 6.45) is 0. The van der Waals surface area contributed by atoms with Crippen LogP contribution in [0.3, 0.4) is 0 Å². The van der Waals surface area contributed by atoms with Crippen LogP contribution in [-0.4, -0.2) is 15.7 Å². The zero-order valence-corrected chi connectivity index (χ0v) is 19.3. The average molecular weight is 512 g/mol. The van der Waals surface area contributed by atoms with Crippen LogP contribution in [0, 0.1) is 18.6 Å². The summed E-state index contributed by atoms with van der Waals surface area (Å²) in [6.45, 7) is 2.56. The number of para-hydroxylation sites is 1. The normalized spacial score (nSPS) is 10.8. The highest BCUT2D eigenvalue weighted by Gasteiger charge is 2.18. The Kier molecular flexibility index (Phi) is 6.84. The maximum atomic E-state index is 13.9. The maximum absolute atomic E-state index is 13.9. The van der Waals surface area contributed by atoms with E-state index < -0.39 is 23.2 Å². The summed E-state index contributed by atoms with van der Waals surface area (Å²) in [6, 6.07) is 20.5. The minimum absolute atomic E-state index is 0.0527. The Morgan fingerprint density at radius 2 is 1.76 bits per heavy atom. The lowest BCUT2D eigenvalue weighted by Gasteiger charge is -2.13. The maximum Gasteiger partial charge on any atom is 0.276 e. The van der Waals surface area contributed by atoms with Gasteiger partial charge in [-0.3, -0.25) is 9.48 Å². The van der Waals surface area contributed by atoms with E-state index in [0.29, 0.717) is 24.6 Å². The monoisotopic (exact) mass is 511 g/mol. The van der Waals surface area contributed by atoms with Crippen LogP contribution in [0.5, 0.6) is 5.75 Å². The molecule has 0 unspecified atom stereocenters. The van der Waals surface area contributed by atoms with Crippen molar-refractivity contribution in [2.45, 2.75) is 20.1 Å². The first-order chi connectivity index (χ1) is 15.9. The second-order valence-corrected chi connectivity index (χ2v) is 8.32. The van der Waals surface area contributed by atoms with Gasteiger partial charge in [-0.2, -0.15) is 5.10 Å². The largest absolute Gasteiger partial charge is 0.489 e. The molecule has 4 rings (SSSR count). The van der Waals surface area contributed by atoms with E-state index in [-0.39, 0.29) is 5.69 Å². The lowest BCUT2D eigenvalue weighted by Crippen LogP contribution is -2.15. The Hall–Kier alpha value is -3.52. The van der Waals surface area contributed by atoms with Crippen LogP contribution >= 0.6 is 15.9 Å². The molecule has 0 bridgehead atoms. The number of carbonyl (C=O) groups is 1. The molecule has 0 atom stereocenters. The van der Waals surface area contributed by atoms with Crippen molar-refractivity contribution in [2.24, 2.45) is 0 Å². The number of rotatable bonds is 7. The fourth-order valence-electron chi connectivity index (χ4n) is 3.29. The number of nitrogens with zero attached hydrogens (tertiary/aromatic N) is 2. The van der Waals surface area contributed by atoms with E-state index in [1.807, 2.05) is 48.5 Å². The summed E-state index contributed by atoms with van der Waals surface area (Å²) in [7, 11) is 0. The highest BCUT2D eigenvalue weighted by molar-refractivity contribution is 9.10. The third-order valence-electron chi connectivity index (χ3n) is 4.99. The molecular weight excluding hydrogens is 492 g/mol. The van der Waals surface area contributed by atoms with Crippen LogP contribution in [-0.2, 0) is 13.2 Å². The number of nitrogens with one attached hydrogen (secondary N) is 1. The van der Waals surface area contributed by atoms with Gasteiger partial charge < -0.3 is 10.1 Å². The second-order valence-electron chi connectivity index (χ2n) is 7.41. The minimum atomic E-state index is -0.853. The second kappa shape index (κ2) is 9.95. The summed E-state index contributed by atoms with van der Waals surface area (Å²) in [5.41, 5.74) is 2.16. The smallest absolute Gasteiger partial charge is 0.276 e. The molecule has 0 fully saturated rings. The topological polar surface area (TPSA) is 56.2 Å². The summed E-state index contributed by atoms with van der Waals surface area (Å²) in [5, 5.41) is 6.60. The molecule has 4 aromatic rings. The van der Waals surface area contributed by atoms with Crippen molar-refractivity contribution in [3.05, 3.63) is 111 Å². The summed E-state index contributed by atoms with van der Waals surface area (Å²) < 4.78 is 36.3. The Labute approximate surface area is 198 Å². The fourth-order valence-corrected chi connectivity index (χ4v) is 3.69. The zero-order valence-electron chi connectivity index (χ0n) is 17.7. The number of aromatic nitrogens is 2. The van der Waals surface area contributed by atoms with Crippen molar-refractivity contribution in [2.75, 3.05) is 5.32 Å². The van der Waals surface area contributed by atoms with Gasteiger partial charge in [0.2, 0.25) is 0 Å². The van der Waals surface area contributed by atoms with Gasteiger partial charge in [-0.25, -0.2) is 8.78 Å². The molecule has 33 heavy (non-hydrogen) atoms. The minimum Gasteiger partial charge on any atom is -0.489 e. The fraction of sp³-hybridized carbons (Fsp3) is 0.120. The SMILES string of the molecule is Cc1cc(C(=O)Nc2c(F)cccc2F)nn1Cc1cc(Br)ccc1OCc1ccccc1. The lowest BCUT2D eigenvalue weighted by atomic mass is 10.2. The number of amides is 1. The molecule has 0 radical (unpaired) electrons. The van der Waals surface area contributed by atoms with Crippen LogP contribution in [0.4, 0.5) is 14.5 Å². The van der Waals surface area contributed by atoms with Crippen molar-refractivity contribution >= 4 is 27.5 Å². The van der Waals surface area contributed by atoms with E-state index >= 15 is 0 Å². The average Bonchev–Trinajstić information content (AvgIpc) is 3.17. The van der Waals surface area contributed by atoms with E-state index in [4.69, 9.17) is 4.74 Å². The van der Waals surface area contributed by atoms with Gasteiger partial charge in [0.15, 0.2) is 5.69 Å². The molecular formula is C25H20BrF2N3O2. The molecule has 5 nitrogen and oxygen atoms in total. The van der Waals surface area contributed by atoms with Gasteiger partial charge in [-0.15, -0.1) is 0 Å². The van der Waals surface area contributed by atoms with Crippen molar-refractivity contribution in [1.82, 2.24) is 9.78 Å². The van der Waals surface area contributed by atoms with Gasteiger partial charge in [0.1, 0.15) is 29.7 Å². The van der Waals surface area contributed by atoms with Gasteiger partial charge in [0, 0.05) is 15.7 Å². The Bertz CT molecular complexity index is 1270. The summed E-state index contributed by atoms with van der Waals surface area (Å²) in [5.74, 6) is -1.71. The van der Waals surface area contributed by atoms with E-state index in [9.17, 15) is 13.6 Å². The number of benzene rings is 3. The molecule has 0 spiro atoms. The van der Waals surface area contributed by atoms with Crippen LogP contribution in [0.15, 0.2) is 77.3 Å². The quantitative estimate of drug-likeness (QED) is 0.325. The number of ether oxygens (including phenoxy) is 1. The van der Waals surface area contributed by atoms with Crippen LogP contribution in [0.1, 0.15) is 27.3 Å². The number of hydrogen-bond acceptors (Lipinski definition) is 3. The van der Waals surface area contributed by atoms with Crippen LogP contribution in [0.2, 0.25) is 0 Å².